The van der Waals surface area contributed by atoms with Crippen molar-refractivity contribution >= 4 is 34.5 Å². The second-order valence-corrected chi connectivity index (χ2v) is 7.86. The van der Waals surface area contributed by atoms with E-state index in [1.165, 1.54) is 0 Å². The van der Waals surface area contributed by atoms with E-state index in [4.69, 9.17) is 16.3 Å². The van der Waals surface area contributed by atoms with E-state index in [0.717, 1.165) is 11.8 Å². The van der Waals surface area contributed by atoms with Gasteiger partial charge >= 0.3 is 6.09 Å². The summed E-state index contributed by atoms with van der Waals surface area (Å²) in [6, 6.07) is 1.97. The first-order chi connectivity index (χ1) is 11.7. The molecular weight excluding hydrogens is 342 g/mol. The van der Waals surface area contributed by atoms with E-state index >= 15 is 0 Å². The van der Waals surface area contributed by atoms with E-state index in [-0.39, 0.29) is 17.4 Å². The maximum absolute atomic E-state index is 12.4. The molecule has 0 radical (unpaired) electrons. The zero-order valence-electron chi connectivity index (χ0n) is 15.0. The lowest BCUT2D eigenvalue weighted by atomic mass is 9.93. The highest BCUT2D eigenvalue weighted by molar-refractivity contribution is 6.28. The number of aromatic nitrogens is 3. The molecule has 2 N–H and O–H groups in total. The second kappa shape index (κ2) is 6.71. The van der Waals surface area contributed by atoms with Gasteiger partial charge in [-0.1, -0.05) is 6.92 Å². The quantitative estimate of drug-likeness (QED) is 0.793. The van der Waals surface area contributed by atoms with Gasteiger partial charge in [0.25, 0.3) is 0 Å². The molecule has 3 rings (SSSR count). The van der Waals surface area contributed by atoms with Gasteiger partial charge in [0.05, 0.1) is 5.39 Å². The summed E-state index contributed by atoms with van der Waals surface area (Å²) in [6.07, 6.45) is 2.42. The van der Waals surface area contributed by atoms with Crippen molar-refractivity contribution in [1.29, 1.82) is 0 Å². The first-order valence-corrected chi connectivity index (χ1v) is 8.86. The highest BCUT2D eigenvalue weighted by atomic mass is 35.5. The number of ether oxygens (including phenoxy) is 1. The van der Waals surface area contributed by atoms with Crippen molar-refractivity contribution in [2.24, 2.45) is 5.92 Å². The molecule has 8 heteroatoms. The fourth-order valence-corrected chi connectivity index (χ4v) is 3.12. The number of carbonyl (C=O) groups excluding carboxylic acids is 1. The van der Waals surface area contributed by atoms with E-state index in [1.54, 1.807) is 11.1 Å². The van der Waals surface area contributed by atoms with Gasteiger partial charge < -0.3 is 19.9 Å². The fraction of sp³-hybridized carbons (Fsp3) is 0.588. The summed E-state index contributed by atoms with van der Waals surface area (Å²) in [6.45, 7) is 9.04. The van der Waals surface area contributed by atoms with Gasteiger partial charge in [-0.05, 0) is 50.8 Å². The third-order valence-corrected chi connectivity index (χ3v) is 4.49. The minimum absolute atomic E-state index is 0.0605. The Morgan fingerprint density at radius 3 is 2.92 bits per heavy atom. The van der Waals surface area contributed by atoms with Crippen LogP contribution in [-0.4, -0.2) is 50.7 Å². The van der Waals surface area contributed by atoms with E-state index in [2.05, 4.69) is 27.2 Å². The van der Waals surface area contributed by atoms with Crippen LogP contribution in [0.1, 0.15) is 34.1 Å². The Balaban J connectivity index is 1.76. The Morgan fingerprint density at radius 1 is 1.44 bits per heavy atom. The van der Waals surface area contributed by atoms with Gasteiger partial charge in [0.15, 0.2) is 0 Å². The summed E-state index contributed by atoms with van der Waals surface area (Å²) < 4.78 is 5.50. The zero-order chi connectivity index (χ0) is 18.2. The molecule has 0 spiro atoms. The number of nitrogens with one attached hydrogen (secondary N) is 2. The Morgan fingerprint density at radius 2 is 2.20 bits per heavy atom. The molecule has 3 heterocycles. The first kappa shape index (κ1) is 17.8. The standard InChI is InChI=1S/C17H24ClN5O2/c1-10-6-8-23(16(24)25-17(2,3)4)9-12(10)20-14-11-5-7-19-13(11)21-15(18)22-14/h5,7,10,12H,6,8-9H2,1-4H3,(H2,19,20,21,22). The highest BCUT2D eigenvalue weighted by Gasteiger charge is 2.32. The largest absolute Gasteiger partial charge is 0.444 e. The van der Waals surface area contributed by atoms with Crippen molar-refractivity contribution in [2.45, 2.75) is 45.8 Å². The topological polar surface area (TPSA) is 83.1 Å². The smallest absolute Gasteiger partial charge is 0.410 e. The summed E-state index contributed by atoms with van der Waals surface area (Å²) in [4.78, 5) is 25.6. The number of hydrogen-bond acceptors (Lipinski definition) is 5. The molecule has 1 amide bonds. The molecule has 7 nitrogen and oxygen atoms in total. The highest BCUT2D eigenvalue weighted by Crippen LogP contribution is 2.26. The van der Waals surface area contributed by atoms with E-state index < -0.39 is 5.60 Å². The lowest BCUT2D eigenvalue weighted by Crippen LogP contribution is -2.50. The van der Waals surface area contributed by atoms with Crippen molar-refractivity contribution in [3.8, 4) is 0 Å². The molecule has 0 aromatic carbocycles. The van der Waals surface area contributed by atoms with Gasteiger partial charge in [-0.2, -0.15) is 4.98 Å². The summed E-state index contributed by atoms with van der Waals surface area (Å²) >= 11 is 6.02. The Hall–Kier alpha value is -2.02. The molecule has 1 aliphatic heterocycles. The summed E-state index contributed by atoms with van der Waals surface area (Å²) in [5, 5.41) is 4.51. The molecule has 136 valence electrons. The van der Waals surface area contributed by atoms with Gasteiger partial charge in [-0.25, -0.2) is 9.78 Å². The number of fused-ring (bicyclic) bond motifs is 1. The van der Waals surface area contributed by atoms with Crippen LogP contribution in [-0.2, 0) is 4.74 Å². The molecule has 2 atom stereocenters. The number of anilines is 1. The predicted octanol–water partition coefficient (Wildman–Crippen LogP) is 3.67. The number of likely N-dealkylation sites (tertiary alicyclic amines) is 1. The van der Waals surface area contributed by atoms with Crippen LogP contribution in [0.2, 0.25) is 5.28 Å². The minimum atomic E-state index is -0.499. The molecule has 1 saturated heterocycles. The van der Waals surface area contributed by atoms with Crippen LogP contribution in [0.15, 0.2) is 12.3 Å². The van der Waals surface area contributed by atoms with Gasteiger partial charge in [0.1, 0.15) is 17.1 Å². The van der Waals surface area contributed by atoms with Crippen LogP contribution in [0.25, 0.3) is 11.0 Å². The SMILES string of the molecule is CC1CCN(C(=O)OC(C)(C)C)CC1Nc1nc(Cl)nc2[nH]ccc12. The second-order valence-electron chi connectivity index (χ2n) is 7.52. The van der Waals surface area contributed by atoms with Crippen LogP contribution in [0, 0.1) is 5.92 Å². The number of piperidine rings is 1. The van der Waals surface area contributed by atoms with Crippen LogP contribution in [0.4, 0.5) is 10.6 Å². The molecule has 1 aliphatic rings. The third kappa shape index (κ3) is 4.15. The number of carbonyl (C=O) groups is 1. The number of H-pyrrole nitrogens is 1. The van der Waals surface area contributed by atoms with Crippen molar-refractivity contribution < 1.29 is 9.53 Å². The van der Waals surface area contributed by atoms with Gasteiger partial charge in [0, 0.05) is 25.3 Å². The number of rotatable bonds is 2. The molecule has 25 heavy (non-hydrogen) atoms. The van der Waals surface area contributed by atoms with Crippen LogP contribution in [0.5, 0.6) is 0 Å². The molecule has 0 aliphatic carbocycles. The van der Waals surface area contributed by atoms with Crippen LogP contribution < -0.4 is 5.32 Å². The summed E-state index contributed by atoms with van der Waals surface area (Å²) in [5.74, 6) is 1.07. The minimum Gasteiger partial charge on any atom is -0.444 e. The van der Waals surface area contributed by atoms with Crippen molar-refractivity contribution in [3.63, 3.8) is 0 Å². The lowest BCUT2D eigenvalue weighted by molar-refractivity contribution is 0.0176. The number of aromatic amines is 1. The maximum Gasteiger partial charge on any atom is 0.410 e. The number of hydrogen-bond donors (Lipinski definition) is 2. The third-order valence-electron chi connectivity index (χ3n) is 4.32. The summed E-state index contributed by atoms with van der Waals surface area (Å²) in [7, 11) is 0. The predicted molar refractivity (Wildman–Crippen MR) is 97.9 cm³/mol. The Kier molecular flexibility index (Phi) is 4.77. The van der Waals surface area contributed by atoms with Gasteiger partial charge in [-0.15, -0.1) is 0 Å². The van der Waals surface area contributed by atoms with E-state index in [9.17, 15) is 4.79 Å². The monoisotopic (exact) mass is 365 g/mol. The van der Waals surface area contributed by atoms with Crippen LogP contribution in [0.3, 0.4) is 0 Å². The molecule has 2 unspecified atom stereocenters. The fourth-order valence-electron chi connectivity index (χ4n) is 2.95. The van der Waals surface area contributed by atoms with Crippen molar-refractivity contribution in [2.75, 3.05) is 18.4 Å². The Bertz CT molecular complexity index is 770. The van der Waals surface area contributed by atoms with Gasteiger partial charge in [0.2, 0.25) is 5.28 Å². The lowest BCUT2D eigenvalue weighted by Gasteiger charge is -2.38. The van der Waals surface area contributed by atoms with E-state index in [0.29, 0.717) is 30.5 Å². The Labute approximate surface area is 152 Å². The first-order valence-electron chi connectivity index (χ1n) is 8.48. The molecule has 0 saturated carbocycles. The number of amides is 1. The number of nitrogens with zero attached hydrogens (tertiary/aromatic N) is 3. The van der Waals surface area contributed by atoms with Gasteiger partial charge in [-0.3, -0.25) is 0 Å². The molecule has 2 aromatic heterocycles. The normalized spacial score (nSPS) is 21.4. The molecule has 1 fully saturated rings. The van der Waals surface area contributed by atoms with E-state index in [1.807, 2.05) is 26.8 Å². The molecular formula is C17H24ClN5O2. The zero-order valence-corrected chi connectivity index (χ0v) is 15.7. The summed E-state index contributed by atoms with van der Waals surface area (Å²) in [5.41, 5.74) is 0.190. The molecule has 0 bridgehead atoms. The molecule has 2 aromatic rings. The van der Waals surface area contributed by atoms with Crippen molar-refractivity contribution in [3.05, 3.63) is 17.5 Å². The van der Waals surface area contributed by atoms with Crippen molar-refractivity contribution in [1.82, 2.24) is 19.9 Å². The average molecular weight is 366 g/mol. The maximum atomic E-state index is 12.4. The van der Waals surface area contributed by atoms with Crippen LogP contribution >= 0.6 is 11.6 Å². The average Bonchev–Trinajstić information content (AvgIpc) is 2.95. The number of halogens is 1.